The Kier molecular flexibility index (Phi) is 5.40. The maximum atomic E-state index is 5.77. The lowest BCUT2D eigenvalue weighted by Crippen LogP contribution is -2.45. The number of morpholine rings is 1. The van der Waals surface area contributed by atoms with Crippen LogP contribution >= 0.6 is 0 Å². The van der Waals surface area contributed by atoms with E-state index in [4.69, 9.17) is 4.74 Å². The lowest BCUT2D eigenvalue weighted by Gasteiger charge is -2.31. The van der Waals surface area contributed by atoms with E-state index in [-0.39, 0.29) is 0 Å². The molecule has 20 heavy (non-hydrogen) atoms. The Balaban J connectivity index is 1.83. The van der Waals surface area contributed by atoms with Crippen molar-refractivity contribution in [2.75, 3.05) is 52.3 Å². The minimum Gasteiger partial charge on any atom is -0.378 e. The lowest BCUT2D eigenvalue weighted by atomic mass is 10.1. The predicted molar refractivity (Wildman–Crippen MR) is 84.4 cm³/mol. The van der Waals surface area contributed by atoms with Crippen LogP contribution in [0.1, 0.15) is 18.5 Å². The average molecular weight is 277 g/mol. The summed E-state index contributed by atoms with van der Waals surface area (Å²) in [6.07, 6.45) is 0.303. The number of anilines is 1. The molecule has 1 heterocycles. The fourth-order valence-electron chi connectivity index (χ4n) is 2.48. The van der Waals surface area contributed by atoms with E-state index in [0.717, 1.165) is 26.2 Å². The van der Waals surface area contributed by atoms with E-state index in [2.05, 4.69) is 67.4 Å². The van der Waals surface area contributed by atoms with Gasteiger partial charge in [0.15, 0.2) is 0 Å². The van der Waals surface area contributed by atoms with E-state index >= 15 is 0 Å². The molecule has 1 N–H and O–H groups in total. The van der Waals surface area contributed by atoms with Crippen molar-refractivity contribution in [3.05, 3.63) is 29.8 Å². The van der Waals surface area contributed by atoms with E-state index in [9.17, 15) is 0 Å². The lowest BCUT2D eigenvalue weighted by molar-refractivity contribution is -0.0190. The standard InChI is InChI=1S/C16H27N3O/c1-13(14-5-7-15(8-6-14)18(2)3)17-11-16-12-19(4)9-10-20-16/h5-8,13,16-17H,9-12H2,1-4H3. The van der Waals surface area contributed by atoms with Crippen LogP contribution in [0, 0.1) is 0 Å². The van der Waals surface area contributed by atoms with Crippen molar-refractivity contribution in [3.8, 4) is 0 Å². The van der Waals surface area contributed by atoms with Crippen LogP contribution in [0.5, 0.6) is 0 Å². The highest BCUT2D eigenvalue weighted by Gasteiger charge is 2.18. The average Bonchev–Trinajstić information content (AvgIpc) is 2.45. The quantitative estimate of drug-likeness (QED) is 0.887. The van der Waals surface area contributed by atoms with E-state index in [1.54, 1.807) is 0 Å². The van der Waals surface area contributed by atoms with Crippen molar-refractivity contribution in [2.24, 2.45) is 0 Å². The van der Waals surface area contributed by atoms with Gasteiger partial charge in [0, 0.05) is 45.5 Å². The predicted octanol–water partition coefficient (Wildman–Crippen LogP) is 1.73. The minimum atomic E-state index is 0.303. The molecule has 0 saturated carbocycles. The second kappa shape index (κ2) is 7.07. The zero-order valence-electron chi connectivity index (χ0n) is 13.1. The summed E-state index contributed by atoms with van der Waals surface area (Å²) in [5.74, 6) is 0. The summed E-state index contributed by atoms with van der Waals surface area (Å²) in [6.45, 7) is 6.00. The third-order valence-corrected chi connectivity index (χ3v) is 3.90. The third-order valence-electron chi connectivity index (χ3n) is 3.90. The topological polar surface area (TPSA) is 27.7 Å². The molecule has 2 atom stereocenters. The van der Waals surface area contributed by atoms with Gasteiger partial charge in [0.05, 0.1) is 12.7 Å². The summed E-state index contributed by atoms with van der Waals surface area (Å²) in [7, 11) is 6.28. The number of nitrogens with one attached hydrogen (secondary N) is 1. The smallest absolute Gasteiger partial charge is 0.0826 e. The first-order chi connectivity index (χ1) is 9.56. The maximum absolute atomic E-state index is 5.77. The largest absolute Gasteiger partial charge is 0.378 e. The number of benzene rings is 1. The van der Waals surface area contributed by atoms with Crippen molar-refractivity contribution >= 4 is 5.69 Å². The number of nitrogens with zero attached hydrogens (tertiary/aromatic N) is 2. The molecule has 0 radical (unpaired) electrons. The van der Waals surface area contributed by atoms with Gasteiger partial charge in [0.25, 0.3) is 0 Å². The monoisotopic (exact) mass is 277 g/mol. The van der Waals surface area contributed by atoms with Crippen LogP contribution in [0.2, 0.25) is 0 Å². The molecular weight excluding hydrogens is 250 g/mol. The molecule has 0 aliphatic carbocycles. The van der Waals surface area contributed by atoms with Gasteiger partial charge in [-0.05, 0) is 31.7 Å². The summed E-state index contributed by atoms with van der Waals surface area (Å²) in [5.41, 5.74) is 2.55. The van der Waals surface area contributed by atoms with Gasteiger partial charge in [0.1, 0.15) is 0 Å². The van der Waals surface area contributed by atoms with E-state index < -0.39 is 0 Å². The molecular formula is C16H27N3O. The molecule has 1 aliphatic rings. The Labute approximate surface area is 122 Å². The van der Waals surface area contributed by atoms with Crippen molar-refractivity contribution in [3.63, 3.8) is 0 Å². The van der Waals surface area contributed by atoms with Crippen molar-refractivity contribution in [1.82, 2.24) is 10.2 Å². The normalized spacial score (nSPS) is 21.7. The van der Waals surface area contributed by atoms with Gasteiger partial charge in [-0.15, -0.1) is 0 Å². The van der Waals surface area contributed by atoms with Gasteiger partial charge in [-0.2, -0.15) is 0 Å². The fourth-order valence-corrected chi connectivity index (χ4v) is 2.48. The zero-order chi connectivity index (χ0) is 14.5. The Morgan fingerprint density at radius 2 is 2.05 bits per heavy atom. The number of likely N-dealkylation sites (N-methyl/N-ethyl adjacent to an activating group) is 1. The van der Waals surface area contributed by atoms with Crippen LogP contribution in [0.25, 0.3) is 0 Å². The molecule has 112 valence electrons. The summed E-state index contributed by atoms with van der Waals surface area (Å²) in [4.78, 5) is 4.44. The van der Waals surface area contributed by atoms with E-state index in [1.807, 2.05) is 0 Å². The van der Waals surface area contributed by atoms with Crippen LogP contribution < -0.4 is 10.2 Å². The Morgan fingerprint density at radius 1 is 1.35 bits per heavy atom. The summed E-state index contributed by atoms with van der Waals surface area (Å²) >= 11 is 0. The van der Waals surface area contributed by atoms with E-state index in [0.29, 0.717) is 12.1 Å². The molecule has 4 heteroatoms. The van der Waals surface area contributed by atoms with Crippen LogP contribution in [0.3, 0.4) is 0 Å². The van der Waals surface area contributed by atoms with Crippen LogP contribution in [0.4, 0.5) is 5.69 Å². The van der Waals surface area contributed by atoms with Gasteiger partial charge in [-0.25, -0.2) is 0 Å². The molecule has 2 unspecified atom stereocenters. The highest BCUT2D eigenvalue weighted by molar-refractivity contribution is 5.46. The number of hydrogen-bond acceptors (Lipinski definition) is 4. The Morgan fingerprint density at radius 3 is 2.65 bits per heavy atom. The first-order valence-electron chi connectivity index (χ1n) is 7.37. The van der Waals surface area contributed by atoms with Crippen molar-refractivity contribution < 1.29 is 4.74 Å². The SMILES string of the molecule is CC(NCC1CN(C)CCO1)c1ccc(N(C)C)cc1. The maximum Gasteiger partial charge on any atom is 0.0826 e. The van der Waals surface area contributed by atoms with E-state index in [1.165, 1.54) is 11.3 Å². The Bertz CT molecular complexity index is 405. The van der Waals surface area contributed by atoms with Gasteiger partial charge < -0.3 is 19.9 Å². The molecule has 2 rings (SSSR count). The summed E-state index contributed by atoms with van der Waals surface area (Å²) in [6, 6.07) is 9.07. The second-order valence-electron chi connectivity index (χ2n) is 5.87. The Hall–Kier alpha value is -1.10. The second-order valence-corrected chi connectivity index (χ2v) is 5.87. The highest BCUT2D eigenvalue weighted by atomic mass is 16.5. The van der Waals surface area contributed by atoms with Crippen LogP contribution in [0.15, 0.2) is 24.3 Å². The third kappa shape index (κ3) is 4.20. The molecule has 1 aliphatic heterocycles. The highest BCUT2D eigenvalue weighted by Crippen LogP contribution is 2.17. The van der Waals surface area contributed by atoms with Gasteiger partial charge in [-0.1, -0.05) is 12.1 Å². The van der Waals surface area contributed by atoms with Crippen LogP contribution in [-0.2, 0) is 4.74 Å². The van der Waals surface area contributed by atoms with Gasteiger partial charge in [0.2, 0.25) is 0 Å². The molecule has 1 fully saturated rings. The molecule has 0 bridgehead atoms. The van der Waals surface area contributed by atoms with Crippen LogP contribution in [-0.4, -0.2) is 58.4 Å². The van der Waals surface area contributed by atoms with Crippen molar-refractivity contribution in [2.45, 2.75) is 19.1 Å². The number of ether oxygens (including phenoxy) is 1. The molecule has 1 aromatic rings. The first kappa shape index (κ1) is 15.3. The molecule has 0 spiro atoms. The zero-order valence-corrected chi connectivity index (χ0v) is 13.1. The van der Waals surface area contributed by atoms with Gasteiger partial charge in [-0.3, -0.25) is 0 Å². The molecule has 4 nitrogen and oxygen atoms in total. The molecule has 0 aromatic heterocycles. The number of rotatable bonds is 5. The van der Waals surface area contributed by atoms with Crippen molar-refractivity contribution in [1.29, 1.82) is 0 Å². The molecule has 0 amide bonds. The summed E-state index contributed by atoms with van der Waals surface area (Å²) in [5, 5.41) is 3.57. The fraction of sp³-hybridized carbons (Fsp3) is 0.625. The summed E-state index contributed by atoms with van der Waals surface area (Å²) < 4.78 is 5.77. The number of hydrogen-bond donors (Lipinski definition) is 1. The first-order valence-corrected chi connectivity index (χ1v) is 7.37. The minimum absolute atomic E-state index is 0.303. The molecule has 1 aromatic carbocycles. The molecule has 1 saturated heterocycles. The van der Waals surface area contributed by atoms with Gasteiger partial charge >= 0.3 is 0 Å².